The zero-order chi connectivity index (χ0) is 18.6. The minimum Gasteiger partial charge on any atom is -0.497 e. The number of sulfone groups is 1. The molecule has 7 heteroatoms. The molecule has 3 rings (SSSR count). The maximum atomic E-state index is 13.0. The number of carbonyl (C=O) groups excluding carboxylic acids is 1. The van der Waals surface area contributed by atoms with Crippen molar-refractivity contribution in [2.24, 2.45) is 0 Å². The molecule has 2 aromatic rings. The zero-order valence-electron chi connectivity index (χ0n) is 14.6. The predicted molar refractivity (Wildman–Crippen MR) is 101 cm³/mol. The van der Waals surface area contributed by atoms with Gasteiger partial charge in [0.2, 0.25) is 5.91 Å². The number of ether oxygens (including phenoxy) is 1. The molecule has 1 aliphatic rings. The highest BCUT2D eigenvalue weighted by Crippen LogP contribution is 2.25. The molecule has 1 aliphatic heterocycles. The molecule has 138 valence electrons. The van der Waals surface area contributed by atoms with E-state index in [-0.39, 0.29) is 17.4 Å². The van der Waals surface area contributed by atoms with E-state index in [2.05, 4.69) is 5.32 Å². The van der Waals surface area contributed by atoms with E-state index in [9.17, 15) is 13.2 Å². The molecule has 6 nitrogen and oxygen atoms in total. The Balaban J connectivity index is 1.81. The van der Waals surface area contributed by atoms with Crippen LogP contribution in [0, 0.1) is 0 Å². The normalized spacial score (nSPS) is 18.0. The summed E-state index contributed by atoms with van der Waals surface area (Å²) in [5.41, 5.74) is 1.51. The summed E-state index contributed by atoms with van der Waals surface area (Å²) in [5, 5.41) is 2.92. The van der Waals surface area contributed by atoms with E-state index in [1.165, 1.54) is 0 Å². The number of nitrogens with one attached hydrogen (secondary N) is 1. The van der Waals surface area contributed by atoms with Crippen LogP contribution in [0.5, 0.6) is 5.75 Å². The van der Waals surface area contributed by atoms with Crippen molar-refractivity contribution in [1.82, 2.24) is 4.90 Å². The van der Waals surface area contributed by atoms with Gasteiger partial charge in [0.15, 0.2) is 9.84 Å². The third-order valence-corrected chi connectivity index (χ3v) is 6.07. The quantitative estimate of drug-likeness (QED) is 0.867. The lowest BCUT2D eigenvalue weighted by molar-refractivity contribution is -0.121. The number of nitrogens with zero attached hydrogens (tertiary/aromatic N) is 1. The van der Waals surface area contributed by atoms with E-state index in [0.29, 0.717) is 24.5 Å². The highest BCUT2D eigenvalue weighted by Gasteiger charge is 2.32. The van der Waals surface area contributed by atoms with Crippen LogP contribution in [0.2, 0.25) is 0 Å². The van der Waals surface area contributed by atoms with Crippen LogP contribution in [0.1, 0.15) is 11.6 Å². The van der Waals surface area contributed by atoms with Crippen molar-refractivity contribution in [3.63, 3.8) is 0 Å². The number of methoxy groups -OCH3 is 1. The van der Waals surface area contributed by atoms with E-state index in [4.69, 9.17) is 4.74 Å². The van der Waals surface area contributed by atoms with Gasteiger partial charge in [-0.15, -0.1) is 0 Å². The van der Waals surface area contributed by atoms with Crippen molar-refractivity contribution in [3.8, 4) is 5.75 Å². The van der Waals surface area contributed by atoms with Crippen LogP contribution >= 0.6 is 0 Å². The molecule has 0 bridgehead atoms. The fourth-order valence-corrected chi connectivity index (χ4v) is 4.26. The van der Waals surface area contributed by atoms with Crippen molar-refractivity contribution in [2.75, 3.05) is 37.0 Å². The monoisotopic (exact) mass is 374 g/mol. The molecule has 0 saturated carbocycles. The second-order valence-electron chi connectivity index (χ2n) is 6.22. The Bertz CT molecular complexity index is 837. The fourth-order valence-electron chi connectivity index (χ4n) is 3.03. The SMILES string of the molecule is COc1ccc(NC(=O)C(c2ccccc2)N2CCS(=O)(=O)CC2)cc1. The van der Waals surface area contributed by atoms with Gasteiger partial charge in [0.05, 0.1) is 18.6 Å². The molecule has 0 spiro atoms. The Labute approximate surface area is 153 Å². The number of benzene rings is 2. The fraction of sp³-hybridized carbons (Fsp3) is 0.316. The van der Waals surface area contributed by atoms with Crippen molar-refractivity contribution < 1.29 is 17.9 Å². The summed E-state index contributed by atoms with van der Waals surface area (Å²) in [6.07, 6.45) is 0. The lowest BCUT2D eigenvalue weighted by atomic mass is 10.0. The first kappa shape index (κ1) is 18.4. The number of carbonyl (C=O) groups is 1. The summed E-state index contributed by atoms with van der Waals surface area (Å²) in [4.78, 5) is 14.9. The van der Waals surface area contributed by atoms with Crippen molar-refractivity contribution in [1.29, 1.82) is 0 Å². The second-order valence-corrected chi connectivity index (χ2v) is 8.52. The highest BCUT2D eigenvalue weighted by molar-refractivity contribution is 7.91. The van der Waals surface area contributed by atoms with Gasteiger partial charge in [0, 0.05) is 18.8 Å². The summed E-state index contributed by atoms with van der Waals surface area (Å²) in [7, 11) is -1.42. The minimum absolute atomic E-state index is 0.0755. The summed E-state index contributed by atoms with van der Waals surface area (Å²) in [6, 6.07) is 16.0. The topological polar surface area (TPSA) is 75.7 Å². The Kier molecular flexibility index (Phi) is 5.58. The van der Waals surface area contributed by atoms with Gasteiger partial charge in [0.25, 0.3) is 0 Å². The van der Waals surface area contributed by atoms with Crippen LogP contribution < -0.4 is 10.1 Å². The number of hydrogen-bond acceptors (Lipinski definition) is 5. The lowest BCUT2D eigenvalue weighted by Gasteiger charge is -2.33. The Morgan fingerprint density at radius 2 is 1.65 bits per heavy atom. The smallest absolute Gasteiger partial charge is 0.246 e. The standard InChI is InChI=1S/C19H22N2O4S/c1-25-17-9-7-16(8-10-17)20-19(22)18(15-5-3-2-4-6-15)21-11-13-26(23,24)14-12-21/h2-10,18H,11-14H2,1H3,(H,20,22). The maximum Gasteiger partial charge on any atom is 0.246 e. The second kappa shape index (κ2) is 7.88. The molecule has 26 heavy (non-hydrogen) atoms. The van der Waals surface area contributed by atoms with E-state index in [0.717, 1.165) is 5.56 Å². The van der Waals surface area contributed by atoms with Crippen LogP contribution in [0.4, 0.5) is 5.69 Å². The number of anilines is 1. The predicted octanol–water partition coefficient (Wildman–Crippen LogP) is 2.11. The number of amides is 1. The van der Waals surface area contributed by atoms with Crippen LogP contribution in [0.3, 0.4) is 0 Å². The third-order valence-electron chi connectivity index (χ3n) is 4.47. The number of hydrogen-bond donors (Lipinski definition) is 1. The summed E-state index contributed by atoms with van der Waals surface area (Å²) >= 11 is 0. The van der Waals surface area contributed by atoms with Gasteiger partial charge in [-0.05, 0) is 29.8 Å². The van der Waals surface area contributed by atoms with Crippen molar-refractivity contribution in [3.05, 3.63) is 60.2 Å². The van der Waals surface area contributed by atoms with Crippen LogP contribution in [-0.4, -0.2) is 50.9 Å². The summed E-state index contributed by atoms with van der Waals surface area (Å²) in [6.45, 7) is 0.690. The Hall–Kier alpha value is -2.38. The average Bonchev–Trinajstić information content (AvgIpc) is 2.65. The molecule has 1 N–H and O–H groups in total. The molecule has 1 fully saturated rings. The first-order valence-corrected chi connectivity index (χ1v) is 10.2. The molecule has 0 aliphatic carbocycles. The molecule has 1 heterocycles. The van der Waals surface area contributed by atoms with Crippen molar-refractivity contribution >= 4 is 21.4 Å². The molecular weight excluding hydrogens is 352 g/mol. The first-order chi connectivity index (χ1) is 12.5. The Morgan fingerprint density at radius 3 is 2.23 bits per heavy atom. The molecule has 1 atom stereocenters. The lowest BCUT2D eigenvalue weighted by Crippen LogP contribution is -2.46. The average molecular weight is 374 g/mol. The van der Waals surface area contributed by atoms with Gasteiger partial charge in [-0.1, -0.05) is 30.3 Å². The van der Waals surface area contributed by atoms with Crippen LogP contribution in [0.25, 0.3) is 0 Å². The molecule has 0 radical (unpaired) electrons. The van der Waals surface area contributed by atoms with E-state index in [1.54, 1.807) is 31.4 Å². The van der Waals surface area contributed by atoms with Gasteiger partial charge in [-0.2, -0.15) is 0 Å². The van der Waals surface area contributed by atoms with Crippen LogP contribution in [-0.2, 0) is 14.6 Å². The summed E-state index contributed by atoms with van der Waals surface area (Å²) in [5.74, 6) is 0.683. The van der Waals surface area contributed by atoms with Gasteiger partial charge < -0.3 is 10.1 Å². The molecule has 2 aromatic carbocycles. The molecular formula is C19H22N2O4S. The van der Waals surface area contributed by atoms with Crippen LogP contribution in [0.15, 0.2) is 54.6 Å². The maximum absolute atomic E-state index is 13.0. The van der Waals surface area contributed by atoms with E-state index < -0.39 is 15.9 Å². The molecule has 1 unspecified atom stereocenters. The van der Waals surface area contributed by atoms with Gasteiger partial charge >= 0.3 is 0 Å². The van der Waals surface area contributed by atoms with E-state index >= 15 is 0 Å². The first-order valence-electron chi connectivity index (χ1n) is 8.43. The number of rotatable bonds is 5. The van der Waals surface area contributed by atoms with E-state index in [1.807, 2.05) is 35.2 Å². The highest BCUT2D eigenvalue weighted by atomic mass is 32.2. The minimum atomic E-state index is -3.01. The molecule has 1 amide bonds. The molecule has 1 saturated heterocycles. The third kappa shape index (κ3) is 4.42. The van der Waals surface area contributed by atoms with Gasteiger partial charge in [0.1, 0.15) is 11.8 Å². The van der Waals surface area contributed by atoms with Gasteiger partial charge in [-0.25, -0.2) is 8.42 Å². The molecule has 0 aromatic heterocycles. The zero-order valence-corrected chi connectivity index (χ0v) is 15.4. The summed E-state index contributed by atoms with van der Waals surface area (Å²) < 4.78 is 28.6. The van der Waals surface area contributed by atoms with Crippen molar-refractivity contribution in [2.45, 2.75) is 6.04 Å². The van der Waals surface area contributed by atoms with Gasteiger partial charge in [-0.3, -0.25) is 9.69 Å². The Morgan fingerprint density at radius 1 is 1.04 bits per heavy atom. The largest absolute Gasteiger partial charge is 0.497 e.